The fourth-order valence-corrected chi connectivity index (χ4v) is 1.23. The van der Waals surface area contributed by atoms with Crippen LogP contribution in [0.25, 0.3) is 0 Å². The van der Waals surface area contributed by atoms with Gasteiger partial charge in [0.1, 0.15) is 5.75 Å². The van der Waals surface area contributed by atoms with E-state index in [2.05, 4.69) is 9.98 Å². The van der Waals surface area contributed by atoms with Crippen molar-refractivity contribution in [3.05, 3.63) is 18.2 Å². The highest BCUT2D eigenvalue weighted by atomic mass is 16.5. The molecule has 0 radical (unpaired) electrons. The molecule has 1 aromatic carbocycles. The quantitative estimate of drug-likeness (QED) is 0.272. The first-order valence-corrected chi connectivity index (χ1v) is 4.83. The van der Waals surface area contributed by atoms with Gasteiger partial charge >= 0.3 is 5.96 Å². The fraction of sp³-hybridized carbons (Fsp3) is 0.200. The molecule has 1 rings (SSSR count). The van der Waals surface area contributed by atoms with Gasteiger partial charge in [-0.15, -0.1) is 4.99 Å². The summed E-state index contributed by atoms with van der Waals surface area (Å²) in [6.07, 6.45) is 0. The first kappa shape index (κ1) is 12.6. The predicted octanol–water partition coefficient (Wildman–Crippen LogP) is -3.92. The van der Waals surface area contributed by atoms with E-state index in [9.17, 15) is 0 Å². The summed E-state index contributed by atoms with van der Waals surface area (Å²) in [5.41, 5.74) is 16.8. The molecule has 0 heterocycles. The molecule has 8 N–H and O–H groups in total. The summed E-state index contributed by atoms with van der Waals surface area (Å²) in [7, 11) is 3.13. The van der Waals surface area contributed by atoms with Crippen LogP contribution < -0.4 is 36.7 Å². The Morgan fingerprint density at radius 2 is 1.82 bits per heavy atom. The molecule has 0 fully saturated rings. The number of nitrogens with one attached hydrogen (secondary N) is 2. The molecule has 0 aliphatic carbocycles. The highest BCUT2D eigenvalue weighted by molar-refractivity contribution is 5.76. The molecule has 0 unspecified atom stereocenters. The molecule has 7 nitrogen and oxygen atoms in total. The maximum Gasteiger partial charge on any atom is 0.522 e. The van der Waals surface area contributed by atoms with Crippen molar-refractivity contribution in [2.45, 2.75) is 0 Å². The zero-order chi connectivity index (χ0) is 12.8. The zero-order valence-corrected chi connectivity index (χ0v) is 9.78. The van der Waals surface area contributed by atoms with Gasteiger partial charge in [0.05, 0.1) is 14.2 Å². The first-order chi connectivity index (χ1) is 8.06. The average Bonchev–Trinajstić information content (AvgIpc) is 2.28. The minimum Gasteiger partial charge on any atom is -0.497 e. The molecule has 1 aromatic rings. The Hall–Kier alpha value is -2.44. The second-order valence-corrected chi connectivity index (χ2v) is 3.19. The Morgan fingerprint density at radius 3 is 2.35 bits per heavy atom. The maximum absolute atomic E-state index is 5.63. The van der Waals surface area contributed by atoms with Crippen LogP contribution in [0.4, 0.5) is 5.69 Å². The van der Waals surface area contributed by atoms with Gasteiger partial charge in [-0.25, -0.2) is 5.73 Å². The Labute approximate surface area is 98.9 Å². The molecule has 92 valence electrons. The van der Waals surface area contributed by atoms with Gasteiger partial charge in [0.25, 0.3) is 5.96 Å². The van der Waals surface area contributed by atoms with Crippen LogP contribution in [-0.4, -0.2) is 26.1 Å². The minimum absolute atomic E-state index is 0.00229. The summed E-state index contributed by atoms with van der Waals surface area (Å²) in [6.45, 7) is 0. The summed E-state index contributed by atoms with van der Waals surface area (Å²) in [4.78, 5) is 5.41. The summed E-state index contributed by atoms with van der Waals surface area (Å²) in [6, 6.07) is 5.26. The molecular weight excluding hydrogens is 222 g/mol. The van der Waals surface area contributed by atoms with E-state index < -0.39 is 0 Å². The molecule has 0 amide bonds. The second-order valence-electron chi connectivity index (χ2n) is 3.19. The first-order valence-electron chi connectivity index (χ1n) is 4.83. The highest BCUT2D eigenvalue weighted by Gasteiger charge is 2.11. The van der Waals surface area contributed by atoms with E-state index in [4.69, 9.17) is 26.7 Å². The zero-order valence-electron chi connectivity index (χ0n) is 9.78. The smallest absolute Gasteiger partial charge is 0.497 e. The van der Waals surface area contributed by atoms with E-state index >= 15 is 0 Å². The number of rotatable bonds is 3. The van der Waals surface area contributed by atoms with E-state index in [1.165, 1.54) is 0 Å². The summed E-state index contributed by atoms with van der Waals surface area (Å²) >= 11 is 0. The third-order valence-electron chi connectivity index (χ3n) is 1.96. The monoisotopic (exact) mass is 239 g/mol. The van der Waals surface area contributed by atoms with Crippen LogP contribution in [0.15, 0.2) is 18.2 Å². The van der Waals surface area contributed by atoms with Crippen molar-refractivity contribution in [3.63, 3.8) is 0 Å². The summed E-state index contributed by atoms with van der Waals surface area (Å²) in [5, 5.41) is 0. The maximum atomic E-state index is 5.63. The summed E-state index contributed by atoms with van der Waals surface area (Å²) < 4.78 is 10.3. The number of ether oxygens (including phenoxy) is 2. The molecule has 7 heteroatoms. The molecule has 0 saturated heterocycles. The molecule has 17 heavy (non-hydrogen) atoms. The van der Waals surface area contributed by atoms with Gasteiger partial charge in [0.15, 0.2) is 11.4 Å². The number of methoxy groups -OCH3 is 2. The molecule has 0 saturated carbocycles. The molecule has 0 atom stereocenters. The lowest BCUT2D eigenvalue weighted by molar-refractivity contribution is -0.459. The Bertz CT molecular complexity index is 452. The van der Waals surface area contributed by atoms with Crippen LogP contribution in [0.2, 0.25) is 0 Å². The minimum atomic E-state index is 0.00229. The number of nitrogens with two attached hydrogens (primary N) is 3. The molecule has 0 bridgehead atoms. The van der Waals surface area contributed by atoms with Gasteiger partial charge in [0, 0.05) is 12.1 Å². The third-order valence-corrected chi connectivity index (χ3v) is 1.96. The van der Waals surface area contributed by atoms with Crippen molar-refractivity contribution in [3.8, 4) is 11.5 Å². The standard InChI is InChI=1S/C10H15N5O2/c1-16-6-3-4-7(8(5-6)17-2)14-10(13)15-9(11)12/h3-5H,1-2H3,(H6,11,12,13,14,15)/p+2. The topological polar surface area (TPSA) is 124 Å². The van der Waals surface area contributed by atoms with Crippen molar-refractivity contribution in [2.75, 3.05) is 14.2 Å². The predicted molar refractivity (Wildman–Crippen MR) is 63.7 cm³/mol. The Morgan fingerprint density at radius 1 is 1.12 bits per heavy atom. The highest BCUT2D eigenvalue weighted by Crippen LogP contribution is 2.24. The van der Waals surface area contributed by atoms with E-state index in [1.54, 1.807) is 32.4 Å². The van der Waals surface area contributed by atoms with Crippen molar-refractivity contribution >= 4 is 17.6 Å². The van der Waals surface area contributed by atoms with Crippen LogP contribution in [0.1, 0.15) is 0 Å². The summed E-state index contributed by atoms with van der Waals surface area (Å²) in [5.74, 6) is 1.48. The fourth-order valence-electron chi connectivity index (χ4n) is 1.23. The van der Waals surface area contributed by atoms with Gasteiger partial charge in [-0.05, 0) is 6.07 Å². The number of benzene rings is 1. The lowest BCUT2D eigenvalue weighted by Gasteiger charge is -2.03. The molecule has 0 spiro atoms. The largest absolute Gasteiger partial charge is 0.522 e. The van der Waals surface area contributed by atoms with Crippen LogP contribution in [0, 0.1) is 0 Å². The van der Waals surface area contributed by atoms with Gasteiger partial charge in [-0.2, -0.15) is 4.99 Å². The van der Waals surface area contributed by atoms with Crippen molar-refractivity contribution in [2.24, 2.45) is 17.2 Å². The number of hydrogen-bond donors (Lipinski definition) is 5. The molecule has 0 aliphatic rings. The van der Waals surface area contributed by atoms with E-state index in [-0.39, 0.29) is 11.9 Å². The normalized spacial score (nSPS) is 10.8. The van der Waals surface area contributed by atoms with E-state index in [0.717, 1.165) is 0 Å². The van der Waals surface area contributed by atoms with Crippen LogP contribution in [0.5, 0.6) is 11.5 Å². The lowest BCUT2D eigenvalue weighted by Crippen LogP contribution is -2.96. The molecular formula is C10H17N5O2+2. The Balaban J connectivity index is 3.10. The van der Waals surface area contributed by atoms with Crippen molar-refractivity contribution in [1.82, 2.24) is 0 Å². The third kappa shape index (κ3) is 3.56. The van der Waals surface area contributed by atoms with E-state index in [1.807, 2.05) is 0 Å². The Kier molecular flexibility index (Phi) is 4.15. The van der Waals surface area contributed by atoms with Crippen molar-refractivity contribution in [1.29, 1.82) is 0 Å². The van der Waals surface area contributed by atoms with Crippen molar-refractivity contribution < 1.29 is 19.5 Å². The van der Waals surface area contributed by atoms with Crippen LogP contribution in [0.3, 0.4) is 0 Å². The van der Waals surface area contributed by atoms with Gasteiger partial charge < -0.3 is 20.9 Å². The SMILES string of the molecule is COc1ccc([NH+]=C(N)[NH+]=C(N)N)c(OC)c1. The van der Waals surface area contributed by atoms with Crippen LogP contribution >= 0.6 is 0 Å². The molecule has 0 aromatic heterocycles. The average molecular weight is 239 g/mol. The lowest BCUT2D eigenvalue weighted by atomic mass is 10.3. The van der Waals surface area contributed by atoms with Gasteiger partial charge in [-0.3, -0.25) is 0 Å². The van der Waals surface area contributed by atoms with E-state index in [0.29, 0.717) is 17.2 Å². The second kappa shape index (κ2) is 5.59. The number of guanidine groups is 2. The van der Waals surface area contributed by atoms with Gasteiger partial charge in [-0.1, -0.05) is 0 Å². The molecule has 0 aliphatic heterocycles. The van der Waals surface area contributed by atoms with Crippen LogP contribution in [-0.2, 0) is 0 Å². The number of hydrogen-bond acceptors (Lipinski definition) is 2. The van der Waals surface area contributed by atoms with Gasteiger partial charge in [0.2, 0.25) is 0 Å².